The molecule has 110 valence electrons. The van der Waals surface area contributed by atoms with Crippen molar-refractivity contribution in [2.45, 2.75) is 6.92 Å². The lowest BCUT2D eigenvalue weighted by Gasteiger charge is -2.10. The molecule has 3 N–H and O–H groups in total. The van der Waals surface area contributed by atoms with Gasteiger partial charge in [0.05, 0.1) is 17.0 Å². The van der Waals surface area contributed by atoms with Gasteiger partial charge in [0.1, 0.15) is 9.84 Å². The number of rotatable bonds is 5. The maximum Gasteiger partial charge on any atom is 0.337 e. The Labute approximate surface area is 116 Å². The standard InChI is InChI=1S/C12H16N2O5S/c1-8-3-4-10(9(7-8)11(15)16)14-12(17)13-5-6-20(2,18)19/h3-4,7H,5-6H2,1-2H3,(H,15,16)(H2,13,14,17). The van der Waals surface area contributed by atoms with Crippen molar-refractivity contribution >= 4 is 27.5 Å². The van der Waals surface area contributed by atoms with Crippen LogP contribution in [0.3, 0.4) is 0 Å². The molecule has 0 aromatic heterocycles. The zero-order valence-electron chi connectivity index (χ0n) is 11.1. The van der Waals surface area contributed by atoms with Crippen molar-refractivity contribution < 1.29 is 23.1 Å². The van der Waals surface area contributed by atoms with Crippen molar-refractivity contribution in [2.24, 2.45) is 0 Å². The molecule has 20 heavy (non-hydrogen) atoms. The summed E-state index contributed by atoms with van der Waals surface area (Å²) in [5, 5.41) is 13.8. The number of aromatic carboxylic acids is 1. The molecule has 0 fully saturated rings. The number of nitrogens with one attached hydrogen (secondary N) is 2. The Morgan fingerprint density at radius 1 is 1.30 bits per heavy atom. The number of sulfone groups is 1. The predicted molar refractivity (Wildman–Crippen MR) is 74.9 cm³/mol. The van der Waals surface area contributed by atoms with Crippen molar-refractivity contribution in [2.75, 3.05) is 23.9 Å². The van der Waals surface area contributed by atoms with Gasteiger partial charge >= 0.3 is 12.0 Å². The number of anilines is 1. The number of hydrogen-bond donors (Lipinski definition) is 3. The van der Waals surface area contributed by atoms with Crippen LogP contribution in [0.15, 0.2) is 18.2 Å². The maximum atomic E-state index is 11.5. The van der Waals surface area contributed by atoms with Crippen molar-refractivity contribution in [1.29, 1.82) is 0 Å². The zero-order valence-corrected chi connectivity index (χ0v) is 12.0. The van der Waals surface area contributed by atoms with Crippen LogP contribution in [0.2, 0.25) is 0 Å². The van der Waals surface area contributed by atoms with Crippen molar-refractivity contribution in [3.05, 3.63) is 29.3 Å². The molecule has 1 aromatic rings. The topological polar surface area (TPSA) is 113 Å². The summed E-state index contributed by atoms with van der Waals surface area (Å²) in [5.41, 5.74) is 0.883. The number of amides is 2. The smallest absolute Gasteiger partial charge is 0.337 e. The molecule has 0 saturated heterocycles. The minimum absolute atomic E-state index is 0.0248. The largest absolute Gasteiger partial charge is 0.478 e. The van der Waals surface area contributed by atoms with Crippen LogP contribution in [-0.2, 0) is 9.84 Å². The quantitative estimate of drug-likeness (QED) is 0.746. The molecule has 0 unspecified atom stereocenters. The summed E-state index contributed by atoms with van der Waals surface area (Å²) in [7, 11) is -3.16. The van der Waals surface area contributed by atoms with Crippen molar-refractivity contribution in [3.63, 3.8) is 0 Å². The van der Waals surface area contributed by atoms with Crippen LogP contribution in [-0.4, -0.2) is 44.1 Å². The Morgan fingerprint density at radius 2 is 1.95 bits per heavy atom. The summed E-state index contributed by atoms with van der Waals surface area (Å²) in [4.78, 5) is 22.6. The van der Waals surface area contributed by atoms with E-state index in [1.54, 1.807) is 13.0 Å². The third-order valence-corrected chi connectivity index (χ3v) is 3.36. The first-order chi connectivity index (χ1) is 9.19. The second-order valence-electron chi connectivity index (χ2n) is 4.36. The SMILES string of the molecule is Cc1ccc(NC(=O)NCCS(C)(=O)=O)c(C(=O)O)c1. The van der Waals surface area contributed by atoms with Gasteiger partial charge < -0.3 is 15.7 Å². The fraction of sp³-hybridized carbons (Fsp3) is 0.333. The molecule has 0 heterocycles. The van der Waals surface area contributed by atoms with Crippen LogP contribution < -0.4 is 10.6 Å². The highest BCUT2D eigenvalue weighted by molar-refractivity contribution is 7.90. The first kappa shape index (κ1) is 16.0. The van der Waals surface area contributed by atoms with Crippen LogP contribution in [0.4, 0.5) is 10.5 Å². The summed E-state index contributed by atoms with van der Waals surface area (Å²) < 4.78 is 21.8. The number of urea groups is 1. The van der Waals surface area contributed by atoms with Gasteiger partial charge in [0.15, 0.2) is 0 Å². The fourth-order valence-electron chi connectivity index (χ4n) is 1.46. The number of carbonyl (C=O) groups excluding carboxylic acids is 1. The molecular formula is C12H16N2O5S. The van der Waals surface area contributed by atoms with Crippen LogP contribution in [0.1, 0.15) is 15.9 Å². The molecule has 1 aromatic carbocycles. The van der Waals surface area contributed by atoms with Gasteiger partial charge in [-0.25, -0.2) is 18.0 Å². The second kappa shape index (κ2) is 6.38. The first-order valence-corrected chi connectivity index (χ1v) is 7.81. The van der Waals surface area contributed by atoms with Crippen LogP contribution >= 0.6 is 0 Å². The molecule has 0 bridgehead atoms. The number of carboxylic acids is 1. The lowest BCUT2D eigenvalue weighted by Crippen LogP contribution is -2.33. The molecule has 0 aliphatic heterocycles. The molecule has 0 radical (unpaired) electrons. The summed E-state index contributed by atoms with van der Waals surface area (Å²) in [5.74, 6) is -1.33. The average Bonchev–Trinajstić information content (AvgIpc) is 2.29. The number of hydrogen-bond acceptors (Lipinski definition) is 4. The highest BCUT2D eigenvalue weighted by atomic mass is 32.2. The van der Waals surface area contributed by atoms with Gasteiger partial charge in [-0.1, -0.05) is 11.6 Å². The Kier molecular flexibility index (Phi) is 5.09. The van der Waals surface area contributed by atoms with E-state index >= 15 is 0 Å². The molecule has 0 spiro atoms. The van der Waals surface area contributed by atoms with Gasteiger partial charge in [-0.3, -0.25) is 0 Å². The van der Waals surface area contributed by atoms with E-state index in [4.69, 9.17) is 5.11 Å². The fourth-order valence-corrected chi connectivity index (χ4v) is 1.93. The van der Waals surface area contributed by atoms with E-state index in [9.17, 15) is 18.0 Å². The molecule has 8 heteroatoms. The summed E-state index contributed by atoms with van der Waals surface area (Å²) in [6, 6.07) is 3.93. The Morgan fingerprint density at radius 3 is 2.50 bits per heavy atom. The lowest BCUT2D eigenvalue weighted by atomic mass is 10.1. The Hall–Kier alpha value is -2.09. The normalized spacial score (nSPS) is 10.9. The highest BCUT2D eigenvalue weighted by Gasteiger charge is 2.12. The van der Waals surface area contributed by atoms with Gasteiger partial charge in [-0.15, -0.1) is 0 Å². The van der Waals surface area contributed by atoms with Crippen molar-refractivity contribution in [3.8, 4) is 0 Å². The molecule has 7 nitrogen and oxygen atoms in total. The summed E-state index contributed by atoms with van der Waals surface area (Å²) >= 11 is 0. The van der Waals surface area contributed by atoms with E-state index in [1.165, 1.54) is 12.1 Å². The number of benzene rings is 1. The third-order valence-electron chi connectivity index (χ3n) is 2.41. The minimum atomic E-state index is -3.16. The predicted octanol–water partition coefficient (Wildman–Crippen LogP) is 0.859. The maximum absolute atomic E-state index is 11.5. The molecular weight excluding hydrogens is 284 g/mol. The monoisotopic (exact) mass is 300 g/mol. The highest BCUT2D eigenvalue weighted by Crippen LogP contribution is 2.17. The van der Waals surface area contributed by atoms with Crippen LogP contribution in [0.5, 0.6) is 0 Å². The van der Waals surface area contributed by atoms with E-state index in [0.717, 1.165) is 11.8 Å². The third kappa shape index (κ3) is 5.27. The lowest BCUT2D eigenvalue weighted by molar-refractivity contribution is 0.0698. The van der Waals surface area contributed by atoms with E-state index in [1.807, 2.05) is 0 Å². The molecule has 0 aliphatic rings. The van der Waals surface area contributed by atoms with E-state index < -0.39 is 21.8 Å². The minimum Gasteiger partial charge on any atom is -0.478 e. The average molecular weight is 300 g/mol. The number of carboxylic acid groups (broad SMARTS) is 1. The van der Waals surface area contributed by atoms with Crippen LogP contribution in [0, 0.1) is 6.92 Å². The zero-order chi connectivity index (χ0) is 15.3. The molecule has 1 rings (SSSR count). The molecule has 0 saturated carbocycles. The second-order valence-corrected chi connectivity index (χ2v) is 6.62. The number of carbonyl (C=O) groups is 2. The molecule has 0 atom stereocenters. The Bertz CT molecular complexity index is 625. The van der Waals surface area contributed by atoms with Gasteiger partial charge in [0, 0.05) is 12.8 Å². The Balaban J connectivity index is 2.69. The van der Waals surface area contributed by atoms with Gasteiger partial charge in [0.25, 0.3) is 0 Å². The van der Waals surface area contributed by atoms with E-state index in [-0.39, 0.29) is 23.5 Å². The van der Waals surface area contributed by atoms with Gasteiger partial charge in [-0.05, 0) is 19.1 Å². The van der Waals surface area contributed by atoms with E-state index in [0.29, 0.717) is 0 Å². The number of aryl methyl sites for hydroxylation is 1. The van der Waals surface area contributed by atoms with Crippen molar-refractivity contribution in [1.82, 2.24) is 5.32 Å². The van der Waals surface area contributed by atoms with Gasteiger partial charge in [0.2, 0.25) is 0 Å². The summed E-state index contributed by atoms with van der Waals surface area (Å²) in [6.07, 6.45) is 1.06. The first-order valence-electron chi connectivity index (χ1n) is 5.75. The molecule has 2 amide bonds. The van der Waals surface area contributed by atoms with Gasteiger partial charge in [-0.2, -0.15) is 0 Å². The van der Waals surface area contributed by atoms with Crippen LogP contribution in [0.25, 0.3) is 0 Å². The van der Waals surface area contributed by atoms with E-state index in [2.05, 4.69) is 10.6 Å². The molecule has 0 aliphatic carbocycles. The summed E-state index contributed by atoms with van der Waals surface area (Å²) in [6.45, 7) is 1.70.